The molecule has 2 aromatic carbocycles. The van der Waals surface area contributed by atoms with Crippen LogP contribution in [-0.4, -0.2) is 26.1 Å². The number of carbonyl (C=O) groups excluding carboxylic acids is 1. The first kappa shape index (κ1) is 18.8. The first-order chi connectivity index (χ1) is 13.7. The number of fused-ring (bicyclic) bond motifs is 1. The average Bonchev–Trinajstić information content (AvgIpc) is 3.39. The van der Waals surface area contributed by atoms with E-state index in [1.165, 1.54) is 16.1 Å². The number of anilines is 1. The van der Waals surface area contributed by atoms with Crippen molar-refractivity contribution in [2.24, 2.45) is 0 Å². The number of methoxy groups -OCH3 is 1. The van der Waals surface area contributed by atoms with Crippen molar-refractivity contribution in [2.75, 3.05) is 25.1 Å². The lowest BCUT2D eigenvalue weighted by Crippen LogP contribution is -2.37. The van der Waals surface area contributed by atoms with Gasteiger partial charge in [-0.2, -0.15) is 0 Å². The molecular weight excluding hydrogens is 392 g/mol. The highest BCUT2D eigenvalue weighted by Crippen LogP contribution is 2.36. The summed E-state index contributed by atoms with van der Waals surface area (Å²) in [5.74, 6) is 0.328. The molecule has 1 atom stereocenters. The fraction of sp³-hybridized carbons (Fsp3) is 0.227. The number of ether oxygens (including phenoxy) is 1. The largest absolute Gasteiger partial charge is 0.496 e. The molecule has 1 aliphatic rings. The predicted octanol–water partition coefficient (Wildman–Crippen LogP) is 4.94. The number of nitrogens with one attached hydrogen (secondary N) is 1. The van der Waals surface area contributed by atoms with Gasteiger partial charge in [0.25, 0.3) is 5.91 Å². The summed E-state index contributed by atoms with van der Waals surface area (Å²) >= 11 is 7.79. The molecule has 0 saturated heterocycles. The average molecular weight is 413 g/mol. The summed E-state index contributed by atoms with van der Waals surface area (Å²) in [4.78, 5) is 16.5. The van der Waals surface area contributed by atoms with Crippen LogP contribution < -0.4 is 15.0 Å². The van der Waals surface area contributed by atoms with Crippen molar-refractivity contribution in [3.05, 3.63) is 81.0 Å². The molecule has 144 valence electrons. The smallest absolute Gasteiger partial charge is 0.255 e. The molecule has 0 radical (unpaired) electrons. The Labute approximate surface area is 173 Å². The van der Waals surface area contributed by atoms with E-state index in [0.717, 1.165) is 13.0 Å². The van der Waals surface area contributed by atoms with E-state index in [2.05, 4.69) is 52.0 Å². The molecule has 1 N–H and O–H groups in total. The Hall–Kier alpha value is -2.50. The lowest BCUT2D eigenvalue weighted by Gasteiger charge is -2.30. The molecule has 6 heteroatoms. The Bertz CT molecular complexity index is 974. The van der Waals surface area contributed by atoms with Gasteiger partial charge < -0.3 is 15.0 Å². The van der Waals surface area contributed by atoms with Crippen LogP contribution in [0.5, 0.6) is 5.75 Å². The summed E-state index contributed by atoms with van der Waals surface area (Å²) in [6.45, 7) is 1.45. The van der Waals surface area contributed by atoms with E-state index >= 15 is 0 Å². The van der Waals surface area contributed by atoms with Gasteiger partial charge >= 0.3 is 0 Å². The quantitative estimate of drug-likeness (QED) is 0.623. The summed E-state index contributed by atoms with van der Waals surface area (Å²) in [6, 6.07) is 17.8. The second-order valence-corrected chi connectivity index (χ2v) is 8.07. The van der Waals surface area contributed by atoms with Crippen LogP contribution in [0.15, 0.2) is 60.0 Å². The third-order valence-electron chi connectivity index (χ3n) is 5.03. The zero-order chi connectivity index (χ0) is 19.5. The molecule has 1 aromatic heterocycles. The molecule has 1 amide bonds. The van der Waals surface area contributed by atoms with Crippen molar-refractivity contribution in [3.8, 4) is 5.75 Å². The second-order valence-electron chi connectivity index (χ2n) is 6.66. The van der Waals surface area contributed by atoms with E-state index in [0.29, 0.717) is 22.9 Å². The lowest BCUT2D eigenvalue weighted by atomic mass is 10.1. The Morgan fingerprint density at radius 3 is 2.89 bits per heavy atom. The van der Waals surface area contributed by atoms with E-state index in [-0.39, 0.29) is 11.9 Å². The number of amides is 1. The topological polar surface area (TPSA) is 41.6 Å². The van der Waals surface area contributed by atoms with Gasteiger partial charge in [-0.25, -0.2) is 0 Å². The fourth-order valence-electron chi connectivity index (χ4n) is 3.68. The van der Waals surface area contributed by atoms with Gasteiger partial charge in [0, 0.05) is 28.7 Å². The Morgan fingerprint density at radius 2 is 2.11 bits per heavy atom. The van der Waals surface area contributed by atoms with Crippen molar-refractivity contribution < 1.29 is 9.53 Å². The molecule has 1 aliphatic heterocycles. The van der Waals surface area contributed by atoms with Crippen LogP contribution in [0.3, 0.4) is 0 Å². The van der Waals surface area contributed by atoms with Gasteiger partial charge in [0.15, 0.2) is 0 Å². The van der Waals surface area contributed by atoms with Gasteiger partial charge in [-0.05, 0) is 47.7 Å². The first-order valence-corrected chi connectivity index (χ1v) is 10.4. The fourth-order valence-corrected chi connectivity index (χ4v) is 4.69. The maximum atomic E-state index is 12.8. The number of hydrogen-bond donors (Lipinski definition) is 1. The summed E-state index contributed by atoms with van der Waals surface area (Å²) in [5, 5.41) is 5.67. The zero-order valence-electron chi connectivity index (χ0n) is 15.5. The molecule has 0 aliphatic carbocycles. The Kier molecular flexibility index (Phi) is 5.55. The third kappa shape index (κ3) is 3.73. The number of hydrogen-bond acceptors (Lipinski definition) is 4. The van der Waals surface area contributed by atoms with Crippen LogP contribution in [0.1, 0.15) is 26.8 Å². The van der Waals surface area contributed by atoms with Gasteiger partial charge in [0.1, 0.15) is 5.75 Å². The molecule has 28 heavy (non-hydrogen) atoms. The number of nitrogens with zero attached hydrogens (tertiary/aromatic N) is 1. The zero-order valence-corrected chi connectivity index (χ0v) is 17.1. The summed E-state index contributed by atoms with van der Waals surface area (Å²) in [7, 11) is 1.55. The molecule has 4 nitrogen and oxygen atoms in total. The van der Waals surface area contributed by atoms with E-state index in [1.54, 1.807) is 36.6 Å². The van der Waals surface area contributed by atoms with Crippen LogP contribution in [0.4, 0.5) is 5.69 Å². The number of thiophene rings is 1. The highest BCUT2D eigenvalue weighted by atomic mass is 35.5. The number of halogens is 1. The maximum absolute atomic E-state index is 12.8. The van der Waals surface area contributed by atoms with E-state index in [4.69, 9.17) is 16.3 Å². The van der Waals surface area contributed by atoms with Crippen molar-refractivity contribution in [2.45, 2.75) is 12.5 Å². The maximum Gasteiger partial charge on any atom is 0.255 e. The standard InChI is InChI=1S/C22H21ClN2O2S/c1-27-20-9-8-16(23)13-17(20)22(26)24-14-19(21-7-4-12-28-21)25-11-10-15-5-2-3-6-18(15)25/h2-9,12-13,19H,10-11,14H2,1H3,(H,24,26)/t19-/m1/s1. The second kappa shape index (κ2) is 8.25. The molecule has 0 bridgehead atoms. The first-order valence-electron chi connectivity index (χ1n) is 9.17. The number of benzene rings is 2. The Balaban J connectivity index is 1.57. The Morgan fingerprint density at radius 1 is 1.25 bits per heavy atom. The molecule has 0 unspecified atom stereocenters. The van der Waals surface area contributed by atoms with Gasteiger partial charge in [0.05, 0.1) is 18.7 Å². The summed E-state index contributed by atoms with van der Waals surface area (Å²) in [6.07, 6.45) is 1.02. The van der Waals surface area contributed by atoms with Gasteiger partial charge in [-0.15, -0.1) is 11.3 Å². The SMILES string of the molecule is COc1ccc(Cl)cc1C(=O)NC[C@H](c1cccs1)N1CCc2ccccc21. The van der Waals surface area contributed by atoms with E-state index in [9.17, 15) is 4.79 Å². The van der Waals surface area contributed by atoms with E-state index < -0.39 is 0 Å². The number of carbonyl (C=O) groups is 1. The molecule has 0 spiro atoms. The minimum absolute atomic E-state index is 0.0813. The minimum atomic E-state index is -0.187. The van der Waals surface area contributed by atoms with Crippen molar-refractivity contribution >= 4 is 34.5 Å². The molecule has 0 fully saturated rings. The van der Waals surface area contributed by atoms with Gasteiger partial charge in [-0.1, -0.05) is 35.9 Å². The summed E-state index contributed by atoms with van der Waals surface area (Å²) in [5.41, 5.74) is 3.05. The lowest BCUT2D eigenvalue weighted by molar-refractivity contribution is 0.0948. The molecule has 3 aromatic rings. The monoisotopic (exact) mass is 412 g/mol. The highest BCUT2D eigenvalue weighted by molar-refractivity contribution is 7.10. The third-order valence-corrected chi connectivity index (χ3v) is 6.24. The van der Waals surface area contributed by atoms with Crippen LogP contribution in [-0.2, 0) is 6.42 Å². The van der Waals surface area contributed by atoms with Crippen molar-refractivity contribution in [1.29, 1.82) is 0 Å². The van der Waals surface area contributed by atoms with E-state index in [1.807, 2.05) is 0 Å². The molecule has 0 saturated carbocycles. The molecular formula is C22H21ClN2O2S. The van der Waals surface area contributed by atoms with Gasteiger partial charge in [0.2, 0.25) is 0 Å². The molecule has 2 heterocycles. The predicted molar refractivity (Wildman–Crippen MR) is 115 cm³/mol. The number of para-hydroxylation sites is 1. The number of rotatable bonds is 6. The van der Waals surface area contributed by atoms with Crippen LogP contribution in [0.2, 0.25) is 5.02 Å². The molecule has 4 rings (SSSR count). The van der Waals surface area contributed by atoms with Crippen LogP contribution in [0, 0.1) is 0 Å². The summed E-state index contributed by atoms with van der Waals surface area (Å²) < 4.78 is 5.32. The van der Waals surface area contributed by atoms with Crippen LogP contribution >= 0.6 is 22.9 Å². The van der Waals surface area contributed by atoms with Crippen molar-refractivity contribution in [1.82, 2.24) is 5.32 Å². The van der Waals surface area contributed by atoms with Crippen LogP contribution in [0.25, 0.3) is 0 Å². The highest BCUT2D eigenvalue weighted by Gasteiger charge is 2.28. The minimum Gasteiger partial charge on any atom is -0.496 e. The van der Waals surface area contributed by atoms with Crippen molar-refractivity contribution in [3.63, 3.8) is 0 Å². The van der Waals surface area contributed by atoms with Gasteiger partial charge in [-0.3, -0.25) is 4.79 Å². The normalized spacial score (nSPS) is 13.9.